The Hall–Kier alpha value is 0.416. The maximum atomic E-state index is 4.28. The van der Waals surface area contributed by atoms with Crippen molar-refractivity contribution in [3.05, 3.63) is 48.0 Å². The summed E-state index contributed by atoms with van der Waals surface area (Å²) in [5.74, 6) is 1.08. The van der Waals surface area contributed by atoms with Gasteiger partial charge in [-0.05, 0) is 17.7 Å². The molecule has 1 heterocycles. The number of thiol groups is 1. The molecule has 0 saturated carbocycles. The third-order valence-corrected chi connectivity index (χ3v) is 2.52. The summed E-state index contributed by atoms with van der Waals surface area (Å²) in [6, 6.07) is 8.16. The summed E-state index contributed by atoms with van der Waals surface area (Å²) in [6.45, 7) is 0. The molecular formula is C11H13KN2S. The second-order valence-corrected chi connectivity index (χ2v) is 3.81. The van der Waals surface area contributed by atoms with Crippen molar-refractivity contribution in [2.75, 3.05) is 0 Å². The van der Waals surface area contributed by atoms with Crippen molar-refractivity contribution in [3.8, 4) is 0 Å². The van der Waals surface area contributed by atoms with Gasteiger partial charge in [-0.1, -0.05) is 12.1 Å². The van der Waals surface area contributed by atoms with Gasteiger partial charge < -0.3 is 5.99 Å². The molecule has 0 aliphatic heterocycles. The molecule has 1 aromatic carbocycles. The Morgan fingerprint density at radius 2 is 2.00 bits per heavy atom. The summed E-state index contributed by atoms with van der Waals surface area (Å²) in [7, 11) is 2.01. The standard InChI is InChI=1S/C11H12N2S.K.H/c1-13-7-6-12-11(13)8-9-2-4-10(14)5-3-9;;/h2-7,14H,8H2,1H3;;/q;+1;-1. The van der Waals surface area contributed by atoms with E-state index >= 15 is 0 Å². The van der Waals surface area contributed by atoms with Crippen LogP contribution in [0.2, 0.25) is 0 Å². The van der Waals surface area contributed by atoms with Crippen LogP contribution in [-0.2, 0) is 13.5 Å². The molecule has 0 aliphatic carbocycles. The van der Waals surface area contributed by atoms with Crippen LogP contribution in [0.5, 0.6) is 0 Å². The van der Waals surface area contributed by atoms with E-state index in [4.69, 9.17) is 0 Å². The van der Waals surface area contributed by atoms with Gasteiger partial charge in [-0.25, -0.2) is 4.98 Å². The van der Waals surface area contributed by atoms with E-state index in [0.717, 1.165) is 17.1 Å². The fourth-order valence-corrected chi connectivity index (χ4v) is 1.51. The van der Waals surface area contributed by atoms with Crippen LogP contribution in [0.15, 0.2) is 41.6 Å². The number of hydrogen-bond donors (Lipinski definition) is 1. The number of rotatable bonds is 2. The van der Waals surface area contributed by atoms with Gasteiger partial charge in [-0.15, -0.1) is 12.6 Å². The molecular weight excluding hydrogens is 231 g/mol. The normalized spacial score (nSPS) is 9.73. The molecule has 74 valence electrons. The molecule has 0 N–H and O–H groups in total. The number of nitrogens with zero attached hydrogens (tertiary/aromatic N) is 2. The monoisotopic (exact) mass is 244 g/mol. The van der Waals surface area contributed by atoms with Crippen LogP contribution in [0.25, 0.3) is 0 Å². The first-order chi connectivity index (χ1) is 6.75. The van der Waals surface area contributed by atoms with Crippen LogP contribution in [-0.4, -0.2) is 9.55 Å². The molecule has 0 spiro atoms. The molecule has 0 fully saturated rings. The quantitative estimate of drug-likeness (QED) is 0.553. The molecule has 0 saturated heterocycles. The summed E-state index contributed by atoms with van der Waals surface area (Å²) in [4.78, 5) is 5.27. The van der Waals surface area contributed by atoms with Crippen LogP contribution in [0, 0.1) is 0 Å². The van der Waals surface area contributed by atoms with Crippen LogP contribution in [0.4, 0.5) is 0 Å². The third-order valence-electron chi connectivity index (χ3n) is 2.22. The smallest absolute Gasteiger partial charge is 1.00 e. The van der Waals surface area contributed by atoms with Gasteiger partial charge in [0, 0.05) is 30.8 Å². The zero-order valence-electron chi connectivity index (χ0n) is 10.0. The fourth-order valence-electron chi connectivity index (χ4n) is 1.36. The number of imidazole rings is 1. The van der Waals surface area contributed by atoms with Crippen LogP contribution in [0.3, 0.4) is 0 Å². The molecule has 2 aromatic rings. The zero-order chi connectivity index (χ0) is 9.97. The molecule has 0 atom stereocenters. The van der Waals surface area contributed by atoms with Crippen LogP contribution in [0.1, 0.15) is 12.8 Å². The number of benzene rings is 1. The first kappa shape index (κ1) is 13.5. The van der Waals surface area contributed by atoms with Crippen molar-refractivity contribution in [2.45, 2.75) is 11.3 Å². The number of aromatic nitrogens is 2. The zero-order valence-corrected chi connectivity index (χ0v) is 13.0. The molecule has 0 bridgehead atoms. The first-order valence-corrected chi connectivity index (χ1v) is 4.94. The van der Waals surface area contributed by atoms with Crippen molar-refractivity contribution in [1.82, 2.24) is 9.55 Å². The minimum atomic E-state index is 0. The van der Waals surface area contributed by atoms with Gasteiger partial charge in [0.25, 0.3) is 0 Å². The molecule has 2 rings (SSSR count). The SMILES string of the molecule is Cn1ccnc1Cc1ccc(S)cc1.[H-].[K+]. The molecule has 1 aromatic heterocycles. The third kappa shape index (κ3) is 3.73. The van der Waals surface area contributed by atoms with Crippen LogP contribution < -0.4 is 51.4 Å². The second-order valence-electron chi connectivity index (χ2n) is 3.30. The van der Waals surface area contributed by atoms with Crippen molar-refractivity contribution in [2.24, 2.45) is 7.05 Å². The van der Waals surface area contributed by atoms with E-state index in [0.29, 0.717) is 0 Å². The molecule has 15 heavy (non-hydrogen) atoms. The van der Waals surface area contributed by atoms with E-state index in [1.807, 2.05) is 36.1 Å². The van der Waals surface area contributed by atoms with Gasteiger partial charge in [0.2, 0.25) is 0 Å². The van der Waals surface area contributed by atoms with Crippen molar-refractivity contribution >= 4 is 12.6 Å². The predicted octanol–water partition coefficient (Wildman–Crippen LogP) is -0.584. The average molecular weight is 244 g/mol. The minimum absolute atomic E-state index is 0. The Morgan fingerprint density at radius 1 is 1.33 bits per heavy atom. The van der Waals surface area contributed by atoms with E-state index < -0.39 is 0 Å². The van der Waals surface area contributed by atoms with E-state index in [1.165, 1.54) is 5.56 Å². The fraction of sp³-hybridized carbons (Fsp3) is 0.182. The molecule has 0 aliphatic rings. The number of aryl methyl sites for hydroxylation is 1. The van der Waals surface area contributed by atoms with Gasteiger partial charge >= 0.3 is 51.4 Å². The number of hydrogen-bond acceptors (Lipinski definition) is 2. The second kappa shape index (κ2) is 6.23. The maximum Gasteiger partial charge on any atom is 1.00 e. The summed E-state index contributed by atoms with van der Waals surface area (Å²) < 4.78 is 2.04. The van der Waals surface area contributed by atoms with Gasteiger partial charge in [0.1, 0.15) is 5.82 Å². The average Bonchev–Trinajstić information content (AvgIpc) is 2.56. The Labute approximate surface area is 139 Å². The Kier molecular flexibility index (Phi) is 5.60. The minimum Gasteiger partial charge on any atom is -1.00 e. The summed E-state index contributed by atoms with van der Waals surface area (Å²) in [5, 5.41) is 0. The summed E-state index contributed by atoms with van der Waals surface area (Å²) >= 11 is 4.25. The largest absolute Gasteiger partial charge is 1.00 e. The Balaban J connectivity index is 0.00000112. The van der Waals surface area contributed by atoms with Crippen molar-refractivity contribution < 1.29 is 52.8 Å². The molecule has 0 radical (unpaired) electrons. The van der Waals surface area contributed by atoms with Gasteiger partial charge in [0.05, 0.1) is 0 Å². The molecule has 2 nitrogen and oxygen atoms in total. The van der Waals surface area contributed by atoms with E-state index in [1.54, 1.807) is 0 Å². The van der Waals surface area contributed by atoms with E-state index in [-0.39, 0.29) is 52.8 Å². The molecule has 0 amide bonds. The van der Waals surface area contributed by atoms with E-state index in [9.17, 15) is 0 Å². The summed E-state index contributed by atoms with van der Waals surface area (Å²) in [5.41, 5.74) is 1.26. The predicted molar refractivity (Wildman–Crippen MR) is 60.8 cm³/mol. The van der Waals surface area contributed by atoms with Gasteiger partial charge in [-0.2, -0.15) is 0 Å². The van der Waals surface area contributed by atoms with Crippen molar-refractivity contribution in [1.29, 1.82) is 0 Å². The Bertz CT molecular complexity index is 428. The van der Waals surface area contributed by atoms with Crippen LogP contribution >= 0.6 is 12.6 Å². The topological polar surface area (TPSA) is 17.8 Å². The van der Waals surface area contributed by atoms with Gasteiger partial charge in [-0.3, -0.25) is 0 Å². The maximum absolute atomic E-state index is 4.28. The van der Waals surface area contributed by atoms with Crippen molar-refractivity contribution in [3.63, 3.8) is 0 Å². The Morgan fingerprint density at radius 3 is 2.53 bits per heavy atom. The van der Waals surface area contributed by atoms with Gasteiger partial charge in [0.15, 0.2) is 0 Å². The molecule has 0 unspecified atom stereocenters. The first-order valence-electron chi connectivity index (χ1n) is 4.50. The van der Waals surface area contributed by atoms with E-state index in [2.05, 4.69) is 29.7 Å². The molecule has 4 heteroatoms. The summed E-state index contributed by atoms with van der Waals surface area (Å²) in [6.07, 6.45) is 4.65.